The van der Waals surface area contributed by atoms with Crippen LogP contribution in [-0.4, -0.2) is 23.3 Å². The third-order valence-corrected chi connectivity index (χ3v) is 6.29. The molecular weight excluding hydrogens is 374 g/mol. The molecule has 6 nitrogen and oxygen atoms in total. The van der Waals surface area contributed by atoms with Crippen molar-refractivity contribution in [1.82, 2.24) is 9.78 Å². The second-order valence-corrected chi connectivity index (χ2v) is 8.82. The second kappa shape index (κ2) is 7.50. The summed E-state index contributed by atoms with van der Waals surface area (Å²) in [4.78, 5) is 0.0517. The lowest BCUT2D eigenvalue weighted by atomic mass is 9.98. The molecule has 1 aliphatic rings. The molecule has 7 heteroatoms. The maximum Gasteiger partial charge on any atom is 0.238 e. The molecule has 28 heavy (non-hydrogen) atoms. The average Bonchev–Trinajstić information content (AvgIpc) is 3.38. The van der Waals surface area contributed by atoms with Gasteiger partial charge in [-0.05, 0) is 49.1 Å². The molecule has 3 N–H and O–H groups in total. The van der Waals surface area contributed by atoms with Crippen molar-refractivity contribution in [2.24, 2.45) is 11.1 Å². The second-order valence-electron chi connectivity index (χ2n) is 7.26. The molecule has 1 unspecified atom stereocenters. The van der Waals surface area contributed by atoms with Crippen molar-refractivity contribution in [3.05, 3.63) is 66.4 Å². The van der Waals surface area contributed by atoms with Crippen LogP contribution in [0, 0.1) is 5.92 Å². The number of primary sulfonamides is 1. The Morgan fingerprint density at radius 2 is 1.68 bits per heavy atom. The average molecular weight is 398 g/mol. The van der Waals surface area contributed by atoms with Crippen molar-refractivity contribution in [2.45, 2.75) is 36.7 Å². The van der Waals surface area contributed by atoms with Crippen molar-refractivity contribution < 1.29 is 13.5 Å². The molecule has 146 valence electrons. The van der Waals surface area contributed by atoms with E-state index in [9.17, 15) is 13.5 Å². The maximum absolute atomic E-state index is 11.5. The zero-order valence-electron chi connectivity index (χ0n) is 15.4. The van der Waals surface area contributed by atoms with Gasteiger partial charge in [0.05, 0.1) is 22.0 Å². The normalized spacial score (nSPS) is 16.4. The maximum atomic E-state index is 11.5. The Kier molecular flexibility index (Phi) is 5.05. The van der Waals surface area contributed by atoms with Crippen molar-refractivity contribution >= 4 is 10.0 Å². The van der Waals surface area contributed by atoms with Gasteiger partial charge in [0.1, 0.15) is 6.10 Å². The summed E-state index contributed by atoms with van der Waals surface area (Å²) in [5.74, 6) is 0.233. The van der Waals surface area contributed by atoms with Crippen LogP contribution in [0.5, 0.6) is 0 Å². The van der Waals surface area contributed by atoms with Gasteiger partial charge in [0.2, 0.25) is 10.0 Å². The third-order valence-electron chi connectivity index (χ3n) is 5.36. The number of nitrogens with two attached hydrogens (primary N) is 1. The number of aliphatic hydroxyl groups excluding tert-OH is 1. The van der Waals surface area contributed by atoms with Crippen LogP contribution in [0.4, 0.5) is 0 Å². The van der Waals surface area contributed by atoms with Crippen LogP contribution in [0.25, 0.3) is 16.9 Å². The highest BCUT2D eigenvalue weighted by Crippen LogP contribution is 2.37. The van der Waals surface area contributed by atoms with Crippen LogP contribution in [0.1, 0.15) is 37.5 Å². The van der Waals surface area contributed by atoms with Gasteiger partial charge in [0, 0.05) is 5.56 Å². The summed E-state index contributed by atoms with van der Waals surface area (Å²) in [7, 11) is -3.75. The van der Waals surface area contributed by atoms with Gasteiger partial charge in [-0.25, -0.2) is 18.2 Å². The first-order chi connectivity index (χ1) is 13.4. The van der Waals surface area contributed by atoms with Crippen LogP contribution < -0.4 is 5.14 Å². The van der Waals surface area contributed by atoms with E-state index in [0.29, 0.717) is 11.4 Å². The highest BCUT2D eigenvalue weighted by molar-refractivity contribution is 7.89. The van der Waals surface area contributed by atoms with Gasteiger partial charge < -0.3 is 5.11 Å². The summed E-state index contributed by atoms with van der Waals surface area (Å²) in [6.45, 7) is 0. The first-order valence-electron chi connectivity index (χ1n) is 9.40. The number of benzene rings is 2. The van der Waals surface area contributed by atoms with Crippen LogP contribution in [0.2, 0.25) is 0 Å². The third kappa shape index (κ3) is 3.73. The fourth-order valence-electron chi connectivity index (χ4n) is 3.85. The molecule has 0 saturated heterocycles. The summed E-state index contributed by atoms with van der Waals surface area (Å²) in [5.41, 5.74) is 3.16. The minimum Gasteiger partial charge on any atom is -0.386 e. The largest absolute Gasteiger partial charge is 0.386 e. The highest BCUT2D eigenvalue weighted by atomic mass is 32.2. The fraction of sp³-hybridized carbons (Fsp3) is 0.286. The van der Waals surface area contributed by atoms with E-state index in [1.807, 2.05) is 36.4 Å². The standard InChI is InChI=1S/C21H23N3O3S/c22-28(26,27)18-12-10-17(11-13-18)24-20(15-6-2-1-3-7-15)14-19(23-24)21(25)16-8-4-5-9-16/h1-3,6-7,10-14,16,21,25H,4-5,8-9H2,(H2,22,26,27). The number of rotatable bonds is 5. The van der Waals surface area contributed by atoms with Crippen LogP contribution in [0.3, 0.4) is 0 Å². The molecule has 4 rings (SSSR count). The van der Waals surface area contributed by atoms with E-state index in [-0.39, 0.29) is 10.8 Å². The summed E-state index contributed by atoms with van der Waals surface area (Å²) < 4.78 is 24.8. The molecule has 1 saturated carbocycles. The number of aromatic nitrogens is 2. The molecule has 1 atom stereocenters. The number of sulfonamides is 1. The fourth-order valence-corrected chi connectivity index (χ4v) is 4.36. The molecule has 0 bridgehead atoms. The molecule has 1 aliphatic carbocycles. The minimum atomic E-state index is -3.75. The first-order valence-corrected chi connectivity index (χ1v) is 10.9. The molecule has 1 aromatic heterocycles. The molecule has 1 fully saturated rings. The monoisotopic (exact) mass is 397 g/mol. The van der Waals surface area contributed by atoms with Crippen molar-refractivity contribution in [3.63, 3.8) is 0 Å². The molecule has 0 spiro atoms. The Morgan fingerprint density at radius 1 is 1.04 bits per heavy atom. The zero-order valence-corrected chi connectivity index (χ0v) is 16.2. The zero-order chi connectivity index (χ0) is 19.7. The predicted octanol–water partition coefficient (Wildman–Crippen LogP) is 3.41. The Bertz CT molecular complexity index is 1050. The molecule has 2 aromatic carbocycles. The quantitative estimate of drug-likeness (QED) is 0.689. The van der Waals surface area contributed by atoms with Gasteiger partial charge in [-0.2, -0.15) is 5.10 Å². The Morgan fingerprint density at radius 3 is 2.29 bits per heavy atom. The SMILES string of the molecule is NS(=O)(=O)c1ccc(-n2nc(C(O)C3CCCC3)cc2-c2ccccc2)cc1. The summed E-state index contributed by atoms with van der Waals surface area (Å²) in [6, 6.07) is 18.0. The van der Waals surface area contributed by atoms with E-state index >= 15 is 0 Å². The molecule has 0 radical (unpaired) electrons. The van der Waals surface area contributed by atoms with Crippen molar-refractivity contribution in [3.8, 4) is 16.9 Å². The highest BCUT2D eigenvalue weighted by Gasteiger charge is 2.27. The Labute approximate surface area is 164 Å². The molecule has 0 amide bonds. The molecular formula is C21H23N3O3S. The van der Waals surface area contributed by atoms with Gasteiger partial charge in [-0.3, -0.25) is 0 Å². The lowest BCUT2D eigenvalue weighted by Crippen LogP contribution is -2.12. The van der Waals surface area contributed by atoms with E-state index in [4.69, 9.17) is 5.14 Å². The van der Waals surface area contributed by atoms with Crippen LogP contribution in [-0.2, 0) is 10.0 Å². The van der Waals surface area contributed by atoms with E-state index in [2.05, 4.69) is 5.10 Å². The van der Waals surface area contributed by atoms with Gasteiger partial charge in [0.15, 0.2) is 0 Å². The lowest BCUT2D eigenvalue weighted by Gasteiger charge is -2.14. The molecule has 1 heterocycles. The van der Waals surface area contributed by atoms with Gasteiger partial charge in [0.25, 0.3) is 0 Å². The number of aliphatic hydroxyl groups is 1. The number of hydrogen-bond donors (Lipinski definition) is 2. The summed E-state index contributed by atoms with van der Waals surface area (Å²) in [6.07, 6.45) is 3.71. The van der Waals surface area contributed by atoms with Crippen LogP contribution in [0.15, 0.2) is 65.6 Å². The van der Waals surface area contributed by atoms with E-state index in [1.165, 1.54) is 12.1 Å². The lowest BCUT2D eigenvalue weighted by molar-refractivity contribution is 0.107. The van der Waals surface area contributed by atoms with E-state index in [1.54, 1.807) is 16.8 Å². The van der Waals surface area contributed by atoms with Crippen molar-refractivity contribution in [2.75, 3.05) is 0 Å². The summed E-state index contributed by atoms with van der Waals surface area (Å²) in [5, 5.41) is 20.7. The number of hydrogen-bond acceptors (Lipinski definition) is 4. The van der Waals surface area contributed by atoms with Crippen LogP contribution >= 0.6 is 0 Å². The molecule has 3 aromatic rings. The van der Waals surface area contributed by atoms with E-state index < -0.39 is 16.1 Å². The van der Waals surface area contributed by atoms with E-state index in [0.717, 1.165) is 36.9 Å². The topological polar surface area (TPSA) is 98.2 Å². The first kappa shape index (κ1) is 18.9. The Hall–Kier alpha value is -2.48. The minimum absolute atomic E-state index is 0.0517. The molecule has 0 aliphatic heterocycles. The summed E-state index contributed by atoms with van der Waals surface area (Å²) >= 11 is 0. The predicted molar refractivity (Wildman–Crippen MR) is 107 cm³/mol. The van der Waals surface area contributed by atoms with Gasteiger partial charge in [-0.15, -0.1) is 0 Å². The van der Waals surface area contributed by atoms with Gasteiger partial charge >= 0.3 is 0 Å². The Balaban J connectivity index is 1.78. The number of nitrogens with zero attached hydrogens (tertiary/aromatic N) is 2. The van der Waals surface area contributed by atoms with Gasteiger partial charge in [-0.1, -0.05) is 43.2 Å². The van der Waals surface area contributed by atoms with Crippen molar-refractivity contribution in [1.29, 1.82) is 0 Å². The smallest absolute Gasteiger partial charge is 0.238 e.